The van der Waals surface area contributed by atoms with E-state index in [-0.39, 0.29) is 17.6 Å². The van der Waals surface area contributed by atoms with Gasteiger partial charge in [-0.25, -0.2) is 8.78 Å². The smallest absolute Gasteiger partial charge is 0.368 e. The Hall–Kier alpha value is -3.42. The third-order valence-corrected chi connectivity index (χ3v) is 7.00. The first kappa shape index (κ1) is 27.6. The first-order chi connectivity index (χ1) is 17.9. The molecule has 0 N–H and O–H groups in total. The first-order valence-electron chi connectivity index (χ1n) is 12.7. The summed E-state index contributed by atoms with van der Waals surface area (Å²) in [5.74, 6) is -1.79. The third-order valence-electron chi connectivity index (χ3n) is 7.00. The molecular formula is C30H31F5N2O. The number of carbonyl (C=O) groups is 1. The highest BCUT2D eigenvalue weighted by Crippen LogP contribution is 2.36. The van der Waals surface area contributed by atoms with Gasteiger partial charge in [-0.1, -0.05) is 32.0 Å². The molecule has 0 spiro atoms. The van der Waals surface area contributed by atoms with E-state index in [9.17, 15) is 26.7 Å². The molecule has 3 aromatic carbocycles. The van der Waals surface area contributed by atoms with Gasteiger partial charge in [-0.2, -0.15) is 13.2 Å². The van der Waals surface area contributed by atoms with Crippen LogP contribution < -0.4 is 9.80 Å². The highest BCUT2D eigenvalue weighted by Gasteiger charge is 2.30. The third kappa shape index (κ3) is 6.34. The SMILES string of the molecule is CC(=O)C(CC(C)C)c1cc(-c2ccc(C(F)(F)F)cc2)cc(N2CCN(c3ccc(F)c(F)c3)CC2)c1. The van der Waals surface area contributed by atoms with Crippen LogP contribution in [0.15, 0.2) is 60.7 Å². The molecule has 38 heavy (non-hydrogen) atoms. The Morgan fingerprint density at radius 2 is 1.39 bits per heavy atom. The van der Waals surface area contributed by atoms with Crippen LogP contribution in [0.25, 0.3) is 11.1 Å². The fourth-order valence-corrected chi connectivity index (χ4v) is 4.95. The molecular weight excluding hydrogens is 499 g/mol. The van der Waals surface area contributed by atoms with Crippen molar-refractivity contribution in [3.63, 3.8) is 0 Å². The van der Waals surface area contributed by atoms with Gasteiger partial charge in [-0.05, 0) is 72.4 Å². The fraction of sp³-hybridized carbons (Fsp3) is 0.367. The van der Waals surface area contributed by atoms with Gasteiger partial charge in [0.05, 0.1) is 5.56 Å². The van der Waals surface area contributed by atoms with E-state index in [1.165, 1.54) is 18.2 Å². The maximum Gasteiger partial charge on any atom is 0.416 e. The average molecular weight is 531 g/mol. The highest BCUT2D eigenvalue weighted by molar-refractivity contribution is 5.85. The molecule has 1 aliphatic heterocycles. The summed E-state index contributed by atoms with van der Waals surface area (Å²) in [5.41, 5.74) is 2.97. The molecule has 1 heterocycles. The average Bonchev–Trinajstić information content (AvgIpc) is 2.88. The van der Waals surface area contributed by atoms with Crippen molar-refractivity contribution in [2.75, 3.05) is 36.0 Å². The van der Waals surface area contributed by atoms with E-state index >= 15 is 0 Å². The van der Waals surface area contributed by atoms with E-state index in [1.807, 2.05) is 36.9 Å². The Morgan fingerprint density at radius 3 is 1.92 bits per heavy atom. The maximum atomic E-state index is 13.7. The number of Topliss-reactive ketones (excluding diaryl/α,β-unsaturated/α-hetero) is 1. The molecule has 202 valence electrons. The lowest BCUT2D eigenvalue weighted by Gasteiger charge is -2.38. The monoisotopic (exact) mass is 530 g/mol. The lowest BCUT2D eigenvalue weighted by Crippen LogP contribution is -2.46. The maximum absolute atomic E-state index is 13.7. The van der Waals surface area contributed by atoms with Gasteiger partial charge in [-0.15, -0.1) is 0 Å². The van der Waals surface area contributed by atoms with E-state index in [0.717, 1.165) is 35.0 Å². The molecule has 1 saturated heterocycles. The molecule has 0 saturated carbocycles. The molecule has 0 aliphatic carbocycles. The van der Waals surface area contributed by atoms with Crippen LogP contribution in [0.4, 0.5) is 33.3 Å². The predicted octanol–water partition coefficient (Wildman–Crippen LogP) is 7.70. The summed E-state index contributed by atoms with van der Waals surface area (Å²) in [4.78, 5) is 16.8. The van der Waals surface area contributed by atoms with Crippen LogP contribution in [0.2, 0.25) is 0 Å². The highest BCUT2D eigenvalue weighted by atomic mass is 19.4. The zero-order valence-corrected chi connectivity index (χ0v) is 21.7. The van der Waals surface area contributed by atoms with E-state index in [4.69, 9.17) is 0 Å². The van der Waals surface area contributed by atoms with Crippen LogP contribution in [0.3, 0.4) is 0 Å². The molecule has 0 aromatic heterocycles. The Balaban J connectivity index is 1.66. The predicted molar refractivity (Wildman–Crippen MR) is 141 cm³/mol. The topological polar surface area (TPSA) is 23.6 Å². The summed E-state index contributed by atoms with van der Waals surface area (Å²) in [6.07, 6.45) is -3.76. The van der Waals surface area contributed by atoms with Gasteiger partial charge >= 0.3 is 6.18 Å². The van der Waals surface area contributed by atoms with Gasteiger partial charge in [0.15, 0.2) is 11.6 Å². The Kier molecular flexibility index (Phi) is 8.09. The van der Waals surface area contributed by atoms with Gasteiger partial charge in [0, 0.05) is 49.5 Å². The minimum Gasteiger partial charge on any atom is -0.368 e. The summed E-state index contributed by atoms with van der Waals surface area (Å²) >= 11 is 0. The summed E-state index contributed by atoms with van der Waals surface area (Å²) in [6.45, 7) is 8.02. The Bertz CT molecular complexity index is 1280. The van der Waals surface area contributed by atoms with Gasteiger partial charge in [0.25, 0.3) is 0 Å². The fourth-order valence-electron chi connectivity index (χ4n) is 4.95. The molecule has 1 fully saturated rings. The number of alkyl halides is 3. The number of carbonyl (C=O) groups excluding carboxylic acids is 1. The summed E-state index contributed by atoms with van der Waals surface area (Å²) < 4.78 is 66.5. The Labute approximate surface area is 219 Å². The molecule has 0 bridgehead atoms. The number of hydrogen-bond donors (Lipinski definition) is 0. The normalized spacial score (nSPS) is 15.2. The van der Waals surface area contributed by atoms with Gasteiger partial charge in [0.1, 0.15) is 5.78 Å². The van der Waals surface area contributed by atoms with E-state index in [2.05, 4.69) is 4.90 Å². The number of benzene rings is 3. The van der Waals surface area contributed by atoms with Crippen molar-refractivity contribution in [1.82, 2.24) is 0 Å². The van der Waals surface area contributed by atoms with Crippen LogP contribution in [0.1, 0.15) is 44.2 Å². The van der Waals surface area contributed by atoms with Crippen molar-refractivity contribution < 1.29 is 26.7 Å². The number of hydrogen-bond acceptors (Lipinski definition) is 3. The van der Waals surface area contributed by atoms with Crippen molar-refractivity contribution in [2.24, 2.45) is 5.92 Å². The van der Waals surface area contributed by atoms with E-state index < -0.39 is 23.4 Å². The molecule has 3 nitrogen and oxygen atoms in total. The zero-order valence-electron chi connectivity index (χ0n) is 21.7. The zero-order chi connectivity index (χ0) is 27.6. The Morgan fingerprint density at radius 1 is 0.789 bits per heavy atom. The van der Waals surface area contributed by atoms with Crippen molar-refractivity contribution in [2.45, 2.75) is 39.3 Å². The van der Waals surface area contributed by atoms with Crippen molar-refractivity contribution in [3.05, 3.63) is 83.4 Å². The number of ketones is 1. The summed E-state index contributed by atoms with van der Waals surface area (Å²) in [7, 11) is 0. The van der Waals surface area contributed by atoms with Crippen LogP contribution >= 0.6 is 0 Å². The molecule has 4 rings (SSSR count). The number of rotatable bonds is 7. The van der Waals surface area contributed by atoms with E-state index in [0.29, 0.717) is 43.9 Å². The standard InChI is InChI=1S/C30H31F5N2O/c1-19(2)14-27(20(3)38)23-15-22(21-4-6-24(7-5-21)30(33,34)35)16-26(17-23)37-12-10-36(11-13-37)25-8-9-28(31)29(32)18-25/h4-9,15-19,27H,10-14H2,1-3H3. The molecule has 1 aliphatic rings. The number of halogens is 5. The van der Waals surface area contributed by atoms with Gasteiger partial charge in [-0.3, -0.25) is 4.79 Å². The lowest BCUT2D eigenvalue weighted by molar-refractivity contribution is -0.137. The van der Waals surface area contributed by atoms with E-state index in [1.54, 1.807) is 13.0 Å². The second-order valence-electron chi connectivity index (χ2n) is 10.3. The first-order valence-corrected chi connectivity index (χ1v) is 12.7. The van der Waals surface area contributed by atoms with Crippen LogP contribution in [0.5, 0.6) is 0 Å². The second kappa shape index (κ2) is 11.1. The quantitative estimate of drug-likeness (QED) is 0.293. The van der Waals surface area contributed by atoms with Crippen molar-refractivity contribution in [3.8, 4) is 11.1 Å². The van der Waals surface area contributed by atoms with Gasteiger partial charge in [0.2, 0.25) is 0 Å². The molecule has 0 radical (unpaired) electrons. The van der Waals surface area contributed by atoms with Crippen LogP contribution in [0, 0.1) is 17.6 Å². The molecule has 1 unspecified atom stereocenters. The minimum atomic E-state index is -4.42. The van der Waals surface area contributed by atoms with Crippen LogP contribution in [-0.4, -0.2) is 32.0 Å². The molecule has 0 amide bonds. The van der Waals surface area contributed by atoms with Gasteiger partial charge < -0.3 is 9.80 Å². The van der Waals surface area contributed by atoms with Crippen molar-refractivity contribution >= 4 is 17.2 Å². The number of nitrogens with zero attached hydrogens (tertiary/aromatic N) is 2. The largest absolute Gasteiger partial charge is 0.416 e. The molecule has 8 heteroatoms. The summed E-state index contributed by atoms with van der Waals surface area (Å²) in [5, 5.41) is 0. The number of anilines is 2. The summed E-state index contributed by atoms with van der Waals surface area (Å²) in [6, 6.07) is 14.7. The molecule has 1 atom stereocenters. The lowest BCUT2D eigenvalue weighted by atomic mass is 9.85. The minimum absolute atomic E-state index is 0.0392. The van der Waals surface area contributed by atoms with Crippen LogP contribution in [-0.2, 0) is 11.0 Å². The van der Waals surface area contributed by atoms with Crippen molar-refractivity contribution in [1.29, 1.82) is 0 Å². The molecule has 3 aromatic rings. The number of piperazine rings is 1. The second-order valence-corrected chi connectivity index (χ2v) is 10.3.